The second-order valence-corrected chi connectivity index (χ2v) is 10.7. The Balaban J connectivity index is 1.35. The molecule has 0 saturated heterocycles. The molecule has 0 aliphatic heterocycles. The van der Waals surface area contributed by atoms with Crippen molar-refractivity contribution in [2.24, 2.45) is 5.92 Å². The van der Waals surface area contributed by atoms with Crippen molar-refractivity contribution in [2.45, 2.75) is 33.1 Å². The lowest BCUT2D eigenvalue weighted by molar-refractivity contribution is 1.12. The SMILES string of the molecule is C/C=C\c1ccc(-c2ccc(-c3cccc4c(-c5ccccc5/C=C\C=C\C5CC5)cccc34)cc2)cc1CC. The maximum absolute atomic E-state index is 2.34. The van der Waals surface area contributed by atoms with Gasteiger partial charge >= 0.3 is 0 Å². The van der Waals surface area contributed by atoms with Gasteiger partial charge < -0.3 is 0 Å². The predicted octanol–water partition coefficient (Wildman–Crippen LogP) is 11.4. The van der Waals surface area contributed by atoms with Gasteiger partial charge in [-0.2, -0.15) is 0 Å². The molecule has 0 atom stereocenters. The van der Waals surface area contributed by atoms with Gasteiger partial charge in [0.1, 0.15) is 0 Å². The summed E-state index contributed by atoms with van der Waals surface area (Å²) in [5, 5.41) is 2.56. The molecule has 0 radical (unpaired) electrons. The summed E-state index contributed by atoms with van der Waals surface area (Å²) in [5.74, 6) is 0.794. The molecule has 0 nitrogen and oxygen atoms in total. The van der Waals surface area contributed by atoms with Crippen molar-refractivity contribution in [3.63, 3.8) is 0 Å². The molecule has 1 fully saturated rings. The Morgan fingerprint density at radius 2 is 1.27 bits per heavy atom. The lowest BCUT2D eigenvalue weighted by Gasteiger charge is -2.14. The summed E-state index contributed by atoms with van der Waals surface area (Å²) in [6.45, 7) is 4.30. The third kappa shape index (κ3) is 5.49. The molecule has 1 aliphatic rings. The van der Waals surface area contributed by atoms with Crippen molar-refractivity contribution in [3.05, 3.63) is 144 Å². The summed E-state index contributed by atoms with van der Waals surface area (Å²) in [6.07, 6.45) is 17.0. The molecule has 196 valence electrons. The monoisotopic (exact) mass is 516 g/mol. The van der Waals surface area contributed by atoms with Crippen LogP contribution in [0, 0.1) is 5.92 Å². The average molecular weight is 517 g/mol. The first kappa shape index (κ1) is 25.8. The second-order valence-electron chi connectivity index (χ2n) is 10.7. The van der Waals surface area contributed by atoms with Crippen LogP contribution in [0.5, 0.6) is 0 Å². The zero-order valence-corrected chi connectivity index (χ0v) is 23.5. The quantitative estimate of drug-likeness (QED) is 0.180. The summed E-state index contributed by atoms with van der Waals surface area (Å²) in [5.41, 5.74) is 11.5. The van der Waals surface area contributed by atoms with Gasteiger partial charge in [-0.25, -0.2) is 0 Å². The Kier molecular flexibility index (Phi) is 7.60. The molecule has 6 rings (SSSR count). The van der Waals surface area contributed by atoms with Crippen LogP contribution in [-0.4, -0.2) is 0 Å². The molecular weight excluding hydrogens is 480 g/mol. The van der Waals surface area contributed by atoms with Crippen LogP contribution in [0.4, 0.5) is 0 Å². The van der Waals surface area contributed by atoms with E-state index >= 15 is 0 Å². The van der Waals surface area contributed by atoms with Crippen molar-refractivity contribution < 1.29 is 0 Å². The summed E-state index contributed by atoms with van der Waals surface area (Å²) >= 11 is 0. The Morgan fingerprint density at radius 3 is 2.02 bits per heavy atom. The zero-order chi connectivity index (χ0) is 27.3. The molecule has 0 bridgehead atoms. The third-order valence-electron chi connectivity index (χ3n) is 7.96. The van der Waals surface area contributed by atoms with Crippen LogP contribution in [0.3, 0.4) is 0 Å². The standard InChI is InChI=1S/C40H36/c1-3-11-31-24-27-35(28-30(31)4-2)32-22-25-34(26-23-32)37-16-9-19-40-38(17-10-18-39(37)40)36-15-8-7-14-33(36)13-6-5-12-29-20-21-29/h3,5-19,22-29H,4,20-21H2,1-2H3/b11-3-,12-5+,13-6-. The van der Waals surface area contributed by atoms with E-state index in [0.717, 1.165) is 12.3 Å². The Hall–Kier alpha value is -4.42. The molecule has 1 aliphatic carbocycles. The van der Waals surface area contributed by atoms with E-state index in [-0.39, 0.29) is 0 Å². The first-order valence-electron chi connectivity index (χ1n) is 14.6. The molecule has 0 unspecified atom stereocenters. The van der Waals surface area contributed by atoms with Crippen molar-refractivity contribution in [3.8, 4) is 33.4 Å². The van der Waals surface area contributed by atoms with Gasteiger partial charge in [0.2, 0.25) is 0 Å². The molecule has 0 amide bonds. The molecule has 0 aromatic heterocycles. The van der Waals surface area contributed by atoms with E-state index < -0.39 is 0 Å². The summed E-state index contributed by atoms with van der Waals surface area (Å²) in [6, 6.07) is 38.0. The molecule has 5 aromatic carbocycles. The first-order chi connectivity index (χ1) is 19.7. The van der Waals surface area contributed by atoms with Crippen molar-refractivity contribution in [1.82, 2.24) is 0 Å². The summed E-state index contributed by atoms with van der Waals surface area (Å²) in [7, 11) is 0. The minimum Gasteiger partial charge on any atom is -0.0871 e. The number of allylic oxidation sites excluding steroid dienone is 4. The number of hydrogen-bond donors (Lipinski definition) is 0. The van der Waals surface area contributed by atoms with E-state index in [4.69, 9.17) is 0 Å². The number of benzene rings is 5. The van der Waals surface area contributed by atoms with Gasteiger partial charge in [-0.3, -0.25) is 0 Å². The largest absolute Gasteiger partial charge is 0.0871 e. The minimum absolute atomic E-state index is 0.794. The van der Waals surface area contributed by atoms with Crippen LogP contribution in [0.15, 0.2) is 127 Å². The van der Waals surface area contributed by atoms with Gasteiger partial charge in [-0.15, -0.1) is 0 Å². The Morgan fingerprint density at radius 1 is 0.600 bits per heavy atom. The molecule has 0 heterocycles. The molecule has 5 aromatic rings. The van der Waals surface area contributed by atoms with E-state index in [2.05, 4.69) is 153 Å². The highest BCUT2D eigenvalue weighted by Crippen LogP contribution is 2.37. The molecular formula is C40H36. The van der Waals surface area contributed by atoms with Crippen LogP contribution in [0.1, 0.15) is 43.4 Å². The topological polar surface area (TPSA) is 0 Å². The number of fused-ring (bicyclic) bond motifs is 1. The van der Waals surface area contributed by atoms with Crippen molar-refractivity contribution in [2.75, 3.05) is 0 Å². The van der Waals surface area contributed by atoms with E-state index in [1.165, 1.54) is 73.7 Å². The molecule has 0 spiro atoms. The highest BCUT2D eigenvalue weighted by Gasteiger charge is 2.16. The highest BCUT2D eigenvalue weighted by molar-refractivity contribution is 6.05. The number of hydrogen-bond acceptors (Lipinski definition) is 0. The second kappa shape index (κ2) is 11.8. The maximum atomic E-state index is 2.34. The lowest BCUT2D eigenvalue weighted by atomic mass is 9.90. The van der Waals surface area contributed by atoms with E-state index in [0.29, 0.717) is 0 Å². The number of rotatable bonds is 8. The fourth-order valence-corrected chi connectivity index (χ4v) is 5.63. The maximum Gasteiger partial charge on any atom is -0.00990 e. The van der Waals surface area contributed by atoms with E-state index in [1.54, 1.807) is 0 Å². The van der Waals surface area contributed by atoms with Gasteiger partial charge in [-0.1, -0.05) is 147 Å². The van der Waals surface area contributed by atoms with Crippen LogP contribution >= 0.6 is 0 Å². The third-order valence-corrected chi connectivity index (χ3v) is 7.96. The fourth-order valence-electron chi connectivity index (χ4n) is 5.63. The Bertz CT molecular complexity index is 1720. The average Bonchev–Trinajstić information content (AvgIpc) is 3.84. The van der Waals surface area contributed by atoms with Crippen molar-refractivity contribution >= 4 is 22.9 Å². The van der Waals surface area contributed by atoms with Crippen LogP contribution in [0.25, 0.3) is 56.3 Å². The van der Waals surface area contributed by atoms with Crippen LogP contribution in [0.2, 0.25) is 0 Å². The molecule has 0 heteroatoms. The van der Waals surface area contributed by atoms with Crippen LogP contribution < -0.4 is 0 Å². The Labute approximate surface area is 239 Å². The highest BCUT2D eigenvalue weighted by atomic mass is 14.2. The normalized spacial score (nSPS) is 13.8. The molecule has 0 N–H and O–H groups in total. The first-order valence-corrected chi connectivity index (χ1v) is 14.6. The van der Waals surface area contributed by atoms with E-state index in [1.807, 2.05) is 0 Å². The fraction of sp³-hybridized carbons (Fsp3) is 0.150. The van der Waals surface area contributed by atoms with Gasteiger partial charge in [0.25, 0.3) is 0 Å². The number of aryl methyl sites for hydroxylation is 1. The zero-order valence-electron chi connectivity index (χ0n) is 23.5. The smallest absolute Gasteiger partial charge is 0.00990 e. The lowest BCUT2D eigenvalue weighted by Crippen LogP contribution is -1.89. The molecule has 1 saturated carbocycles. The summed E-state index contributed by atoms with van der Waals surface area (Å²) < 4.78 is 0. The van der Waals surface area contributed by atoms with Gasteiger partial charge in [0, 0.05) is 0 Å². The predicted molar refractivity (Wildman–Crippen MR) is 175 cm³/mol. The van der Waals surface area contributed by atoms with Crippen LogP contribution in [-0.2, 0) is 6.42 Å². The molecule has 40 heavy (non-hydrogen) atoms. The van der Waals surface area contributed by atoms with E-state index in [9.17, 15) is 0 Å². The van der Waals surface area contributed by atoms with Gasteiger partial charge in [0.05, 0.1) is 0 Å². The van der Waals surface area contributed by atoms with Gasteiger partial charge in [0.15, 0.2) is 0 Å². The van der Waals surface area contributed by atoms with Crippen molar-refractivity contribution in [1.29, 1.82) is 0 Å². The minimum atomic E-state index is 0.794. The summed E-state index contributed by atoms with van der Waals surface area (Å²) in [4.78, 5) is 0. The van der Waals surface area contributed by atoms with Gasteiger partial charge in [-0.05, 0) is 92.9 Å².